The van der Waals surface area contributed by atoms with Crippen molar-refractivity contribution in [1.29, 1.82) is 0 Å². The van der Waals surface area contributed by atoms with Crippen LogP contribution in [0.5, 0.6) is 5.75 Å². The Hall–Kier alpha value is -2.92. The molecule has 0 heterocycles. The number of nitrogens with one attached hydrogen (secondary N) is 1. The van der Waals surface area contributed by atoms with E-state index in [0.717, 1.165) is 21.3 Å². The zero-order valence-corrected chi connectivity index (χ0v) is 17.4. The molecule has 0 unspecified atom stereocenters. The van der Waals surface area contributed by atoms with Crippen molar-refractivity contribution in [3.63, 3.8) is 0 Å². The van der Waals surface area contributed by atoms with Crippen molar-refractivity contribution in [1.82, 2.24) is 5.43 Å². The van der Waals surface area contributed by atoms with Crippen LogP contribution in [0.3, 0.4) is 0 Å². The summed E-state index contributed by atoms with van der Waals surface area (Å²) in [7, 11) is 0. The molecule has 0 fully saturated rings. The smallest absolute Gasteiger partial charge is 0.271 e. The third kappa shape index (κ3) is 5.54. The van der Waals surface area contributed by atoms with Crippen molar-refractivity contribution in [3.05, 3.63) is 99.0 Å². The van der Waals surface area contributed by atoms with Crippen LogP contribution in [0.25, 0.3) is 0 Å². The largest absolute Gasteiger partial charge is 0.489 e. The molecule has 0 aliphatic rings. The monoisotopic (exact) mass is 436 g/mol. The predicted octanol–water partition coefficient (Wildman–Crippen LogP) is 5.41. The lowest BCUT2D eigenvalue weighted by atomic mass is 10.1. The van der Waals surface area contributed by atoms with Gasteiger partial charge in [0.05, 0.1) is 6.21 Å². The SMILES string of the molecule is Cc1ccc(OCc2ccc(C(=O)N/N=C\c3ccc(Br)cc3)cc2)cc1C. The molecule has 0 aromatic heterocycles. The van der Waals surface area contributed by atoms with E-state index in [1.807, 2.05) is 54.6 Å². The maximum Gasteiger partial charge on any atom is 0.271 e. The second-order valence-corrected chi connectivity index (χ2v) is 7.40. The third-order valence-corrected chi connectivity index (χ3v) is 4.88. The summed E-state index contributed by atoms with van der Waals surface area (Å²) in [6.07, 6.45) is 1.61. The first-order chi connectivity index (χ1) is 13.5. The number of hydrogen-bond acceptors (Lipinski definition) is 3. The molecule has 5 heteroatoms. The van der Waals surface area contributed by atoms with Gasteiger partial charge in [-0.3, -0.25) is 4.79 Å². The summed E-state index contributed by atoms with van der Waals surface area (Å²) < 4.78 is 6.82. The second kappa shape index (κ2) is 9.33. The van der Waals surface area contributed by atoms with Gasteiger partial charge in [0.15, 0.2) is 0 Å². The highest BCUT2D eigenvalue weighted by Gasteiger charge is 2.05. The average Bonchev–Trinajstić information content (AvgIpc) is 2.70. The van der Waals surface area contributed by atoms with Crippen LogP contribution >= 0.6 is 15.9 Å². The van der Waals surface area contributed by atoms with Crippen molar-refractivity contribution < 1.29 is 9.53 Å². The van der Waals surface area contributed by atoms with E-state index < -0.39 is 0 Å². The minimum atomic E-state index is -0.255. The standard InChI is InChI=1S/C23H21BrN2O2/c1-16-3-12-22(13-17(16)2)28-15-19-4-8-20(9-5-19)23(27)26-25-14-18-6-10-21(24)11-7-18/h3-14H,15H2,1-2H3,(H,26,27)/b25-14-. The number of carbonyl (C=O) groups excluding carboxylic acids is 1. The lowest BCUT2D eigenvalue weighted by molar-refractivity contribution is 0.0955. The van der Waals surface area contributed by atoms with Gasteiger partial charge < -0.3 is 4.74 Å². The van der Waals surface area contributed by atoms with Gasteiger partial charge >= 0.3 is 0 Å². The number of nitrogens with zero attached hydrogens (tertiary/aromatic N) is 1. The van der Waals surface area contributed by atoms with Crippen LogP contribution < -0.4 is 10.2 Å². The highest BCUT2D eigenvalue weighted by atomic mass is 79.9. The molecule has 3 rings (SSSR count). The van der Waals surface area contributed by atoms with Gasteiger partial charge in [0.1, 0.15) is 12.4 Å². The van der Waals surface area contributed by atoms with E-state index >= 15 is 0 Å². The molecule has 142 valence electrons. The minimum Gasteiger partial charge on any atom is -0.489 e. The Balaban J connectivity index is 1.53. The topological polar surface area (TPSA) is 50.7 Å². The van der Waals surface area contributed by atoms with E-state index in [4.69, 9.17) is 4.74 Å². The zero-order valence-electron chi connectivity index (χ0n) is 15.8. The predicted molar refractivity (Wildman–Crippen MR) is 116 cm³/mol. The molecule has 0 aliphatic heterocycles. The quantitative estimate of drug-likeness (QED) is 0.414. The van der Waals surface area contributed by atoms with Gasteiger partial charge in [-0.2, -0.15) is 5.10 Å². The molecule has 0 saturated carbocycles. The maximum absolute atomic E-state index is 12.2. The van der Waals surface area contributed by atoms with Crippen LogP contribution in [0.2, 0.25) is 0 Å². The lowest BCUT2D eigenvalue weighted by Gasteiger charge is -2.09. The van der Waals surface area contributed by atoms with Crippen molar-refractivity contribution in [3.8, 4) is 5.75 Å². The fourth-order valence-corrected chi connectivity index (χ4v) is 2.77. The zero-order chi connectivity index (χ0) is 19.9. The molecule has 0 saturated heterocycles. The van der Waals surface area contributed by atoms with Gasteiger partial charge in [-0.1, -0.05) is 46.3 Å². The van der Waals surface area contributed by atoms with Gasteiger partial charge in [0.25, 0.3) is 5.91 Å². The molecule has 0 bridgehead atoms. The first kappa shape index (κ1) is 19.8. The Kier molecular flexibility index (Phi) is 6.61. The normalized spacial score (nSPS) is 10.8. The fourth-order valence-electron chi connectivity index (χ4n) is 2.50. The van der Waals surface area contributed by atoms with Gasteiger partial charge in [-0.25, -0.2) is 5.43 Å². The number of carbonyl (C=O) groups is 1. The minimum absolute atomic E-state index is 0.255. The summed E-state index contributed by atoms with van der Waals surface area (Å²) >= 11 is 3.38. The Labute approximate surface area is 173 Å². The van der Waals surface area contributed by atoms with Crippen LogP contribution in [0.1, 0.15) is 32.6 Å². The average molecular weight is 437 g/mol. The van der Waals surface area contributed by atoms with Crippen LogP contribution in [-0.2, 0) is 6.61 Å². The number of amides is 1. The van der Waals surface area contributed by atoms with E-state index in [-0.39, 0.29) is 5.91 Å². The molecular weight excluding hydrogens is 416 g/mol. The van der Waals surface area contributed by atoms with E-state index in [9.17, 15) is 4.79 Å². The lowest BCUT2D eigenvalue weighted by Crippen LogP contribution is -2.17. The summed E-state index contributed by atoms with van der Waals surface area (Å²) in [5.41, 5.74) is 7.42. The first-order valence-corrected chi connectivity index (χ1v) is 9.68. The van der Waals surface area contributed by atoms with Gasteiger partial charge in [-0.05, 0) is 72.5 Å². The Morgan fingerprint density at radius 3 is 2.39 bits per heavy atom. The molecule has 0 spiro atoms. The Bertz CT molecular complexity index is 980. The van der Waals surface area contributed by atoms with Crippen molar-refractivity contribution >= 4 is 28.1 Å². The molecule has 1 N–H and O–H groups in total. The first-order valence-electron chi connectivity index (χ1n) is 8.89. The molecule has 3 aromatic rings. The van der Waals surface area contributed by atoms with Crippen molar-refractivity contribution in [2.45, 2.75) is 20.5 Å². The van der Waals surface area contributed by atoms with Gasteiger partial charge in [0, 0.05) is 10.0 Å². The molecule has 3 aromatic carbocycles. The van der Waals surface area contributed by atoms with Crippen molar-refractivity contribution in [2.24, 2.45) is 5.10 Å². The number of benzene rings is 3. The van der Waals surface area contributed by atoms with Gasteiger partial charge in [0.2, 0.25) is 0 Å². The van der Waals surface area contributed by atoms with E-state index in [1.54, 1.807) is 18.3 Å². The fraction of sp³-hybridized carbons (Fsp3) is 0.130. The summed E-state index contributed by atoms with van der Waals surface area (Å²) in [6.45, 7) is 4.59. The van der Waals surface area contributed by atoms with Gasteiger partial charge in [-0.15, -0.1) is 0 Å². The van der Waals surface area contributed by atoms with E-state index in [2.05, 4.69) is 40.3 Å². The summed E-state index contributed by atoms with van der Waals surface area (Å²) in [5, 5.41) is 4.00. The third-order valence-electron chi connectivity index (χ3n) is 4.35. The molecule has 4 nitrogen and oxygen atoms in total. The van der Waals surface area contributed by atoms with Crippen LogP contribution in [0, 0.1) is 13.8 Å². The molecule has 0 radical (unpaired) electrons. The van der Waals surface area contributed by atoms with E-state index in [0.29, 0.717) is 12.2 Å². The number of rotatable bonds is 6. The summed E-state index contributed by atoms with van der Waals surface area (Å²) in [5.74, 6) is 0.585. The van der Waals surface area contributed by atoms with Crippen LogP contribution in [0.4, 0.5) is 0 Å². The summed E-state index contributed by atoms with van der Waals surface area (Å²) in [4.78, 5) is 12.2. The van der Waals surface area contributed by atoms with Crippen molar-refractivity contribution in [2.75, 3.05) is 0 Å². The van der Waals surface area contributed by atoms with Crippen LogP contribution in [-0.4, -0.2) is 12.1 Å². The summed E-state index contributed by atoms with van der Waals surface area (Å²) in [6, 6.07) is 21.0. The number of hydrazone groups is 1. The van der Waals surface area contributed by atoms with E-state index in [1.165, 1.54) is 11.1 Å². The molecule has 0 aliphatic carbocycles. The molecule has 28 heavy (non-hydrogen) atoms. The molecule has 0 atom stereocenters. The number of aryl methyl sites for hydroxylation is 2. The second-order valence-electron chi connectivity index (χ2n) is 6.48. The number of ether oxygens (including phenoxy) is 1. The molecular formula is C23H21BrN2O2. The Morgan fingerprint density at radius 1 is 1.00 bits per heavy atom. The highest BCUT2D eigenvalue weighted by Crippen LogP contribution is 2.18. The highest BCUT2D eigenvalue weighted by molar-refractivity contribution is 9.10. The Morgan fingerprint density at radius 2 is 1.71 bits per heavy atom. The molecule has 1 amide bonds. The van der Waals surface area contributed by atoms with Crippen LogP contribution in [0.15, 0.2) is 76.3 Å². The number of hydrogen-bond donors (Lipinski definition) is 1. The number of halogens is 1. The maximum atomic E-state index is 12.2.